The van der Waals surface area contributed by atoms with Crippen molar-refractivity contribution in [3.63, 3.8) is 0 Å². The molecule has 0 atom stereocenters. The van der Waals surface area contributed by atoms with Crippen molar-refractivity contribution in [2.75, 3.05) is 11.9 Å². The number of hydrogen-bond donors (Lipinski definition) is 4. The molecule has 176 valence electrons. The number of hydrogen-bond acceptors (Lipinski definition) is 8. The minimum atomic E-state index is -0.491. The number of carbonyl (C=O) groups excluding carboxylic acids is 1. The lowest BCUT2D eigenvalue weighted by molar-refractivity contribution is -0.123. The van der Waals surface area contributed by atoms with Crippen molar-refractivity contribution in [1.29, 1.82) is 0 Å². The molecule has 7 nitrogen and oxygen atoms in total. The fourth-order valence-electron chi connectivity index (χ4n) is 4.63. The molecule has 0 saturated carbocycles. The standard InChI is InChI=1S/C24H31N5O2S2/c1-23(2)11-15(12-24(3,4)29-23)27-22-25-10-9-17(28-22)18-7-8-20(33-18)19-6-5-16(32-19)13-26-21(31)14-30/h5-10,15,29-30H,11-14H2,1-4H3,(H,26,31)(H,25,27,28). The van der Waals surface area contributed by atoms with E-state index in [4.69, 9.17) is 10.1 Å². The third-order valence-corrected chi connectivity index (χ3v) is 7.93. The molecule has 0 aliphatic carbocycles. The van der Waals surface area contributed by atoms with E-state index in [1.54, 1.807) is 22.7 Å². The Balaban J connectivity index is 1.45. The number of aromatic nitrogens is 2. The number of amides is 1. The molecule has 0 spiro atoms. The second-order valence-electron chi connectivity index (χ2n) is 9.77. The number of anilines is 1. The van der Waals surface area contributed by atoms with Crippen LogP contribution >= 0.6 is 22.7 Å². The number of nitrogens with one attached hydrogen (secondary N) is 3. The van der Waals surface area contributed by atoms with Crippen molar-refractivity contribution in [2.45, 2.75) is 64.2 Å². The molecule has 4 rings (SSSR count). The number of aliphatic hydroxyl groups excluding tert-OH is 1. The normalized spacial score (nSPS) is 17.6. The monoisotopic (exact) mass is 485 g/mol. The Kier molecular flexibility index (Phi) is 6.86. The summed E-state index contributed by atoms with van der Waals surface area (Å²) in [6.07, 6.45) is 3.83. The van der Waals surface area contributed by atoms with E-state index < -0.39 is 6.61 Å². The highest BCUT2D eigenvalue weighted by Gasteiger charge is 2.37. The molecule has 3 aromatic heterocycles. The van der Waals surface area contributed by atoms with Gasteiger partial charge in [-0.2, -0.15) is 0 Å². The van der Waals surface area contributed by atoms with Crippen LogP contribution in [0.25, 0.3) is 20.3 Å². The van der Waals surface area contributed by atoms with Crippen LogP contribution < -0.4 is 16.0 Å². The summed E-state index contributed by atoms with van der Waals surface area (Å²) in [4.78, 5) is 25.0. The fraction of sp³-hybridized carbons (Fsp3) is 0.458. The molecule has 1 fully saturated rings. The first kappa shape index (κ1) is 23.8. The van der Waals surface area contributed by atoms with Crippen LogP contribution in [0.15, 0.2) is 36.5 Å². The zero-order valence-electron chi connectivity index (χ0n) is 19.4. The lowest BCUT2D eigenvalue weighted by Crippen LogP contribution is -2.60. The Bertz CT molecular complexity index is 1110. The van der Waals surface area contributed by atoms with Gasteiger partial charge in [0.15, 0.2) is 0 Å². The molecule has 1 saturated heterocycles. The minimum absolute atomic E-state index is 0.0557. The quantitative estimate of drug-likeness (QED) is 0.399. The molecule has 0 unspecified atom stereocenters. The van der Waals surface area contributed by atoms with Crippen LogP contribution in [0.1, 0.15) is 45.4 Å². The molecule has 0 radical (unpaired) electrons. The maximum absolute atomic E-state index is 11.3. The van der Waals surface area contributed by atoms with Crippen LogP contribution in [-0.4, -0.2) is 44.7 Å². The van der Waals surface area contributed by atoms with Gasteiger partial charge < -0.3 is 21.1 Å². The van der Waals surface area contributed by atoms with E-state index in [1.165, 1.54) is 0 Å². The molecular weight excluding hydrogens is 454 g/mol. The van der Waals surface area contributed by atoms with E-state index in [-0.39, 0.29) is 17.0 Å². The zero-order chi connectivity index (χ0) is 23.6. The number of carbonyl (C=O) groups is 1. The molecule has 1 amide bonds. The third kappa shape index (κ3) is 6.17. The van der Waals surface area contributed by atoms with Gasteiger partial charge in [0.25, 0.3) is 0 Å². The summed E-state index contributed by atoms with van der Waals surface area (Å²) in [6.45, 7) is 8.89. The molecule has 0 aromatic carbocycles. The van der Waals surface area contributed by atoms with Gasteiger partial charge in [-0.25, -0.2) is 9.97 Å². The molecule has 1 aliphatic rings. The van der Waals surface area contributed by atoms with Crippen LogP contribution in [0.5, 0.6) is 0 Å². The molecular formula is C24H31N5O2S2. The maximum Gasteiger partial charge on any atom is 0.246 e. The number of nitrogens with zero attached hydrogens (tertiary/aromatic N) is 2. The van der Waals surface area contributed by atoms with E-state index in [1.807, 2.05) is 18.3 Å². The highest BCUT2D eigenvalue weighted by Crippen LogP contribution is 2.37. The van der Waals surface area contributed by atoms with Crippen LogP contribution in [-0.2, 0) is 11.3 Å². The van der Waals surface area contributed by atoms with Gasteiger partial charge in [0.1, 0.15) is 6.61 Å². The Morgan fingerprint density at radius 3 is 2.45 bits per heavy atom. The van der Waals surface area contributed by atoms with E-state index >= 15 is 0 Å². The molecule has 0 bridgehead atoms. The van der Waals surface area contributed by atoms with Gasteiger partial charge in [-0.15, -0.1) is 22.7 Å². The van der Waals surface area contributed by atoms with Crippen molar-refractivity contribution in [3.05, 3.63) is 41.4 Å². The largest absolute Gasteiger partial charge is 0.387 e. The number of thiophene rings is 2. The van der Waals surface area contributed by atoms with Gasteiger partial charge in [0.05, 0.1) is 17.1 Å². The number of rotatable bonds is 7. The van der Waals surface area contributed by atoms with Crippen LogP contribution in [0.2, 0.25) is 0 Å². The smallest absolute Gasteiger partial charge is 0.246 e. The summed E-state index contributed by atoms with van der Waals surface area (Å²) in [5.74, 6) is 0.298. The predicted molar refractivity (Wildman–Crippen MR) is 136 cm³/mol. The van der Waals surface area contributed by atoms with Crippen molar-refractivity contribution in [2.24, 2.45) is 0 Å². The first-order valence-electron chi connectivity index (χ1n) is 11.1. The highest BCUT2D eigenvalue weighted by atomic mass is 32.1. The second kappa shape index (κ2) is 9.50. The summed E-state index contributed by atoms with van der Waals surface area (Å²) in [5.41, 5.74) is 1.02. The molecule has 1 aliphatic heterocycles. The molecule has 3 aromatic rings. The summed E-state index contributed by atoms with van der Waals surface area (Å²) < 4.78 is 0. The Morgan fingerprint density at radius 1 is 1.06 bits per heavy atom. The first-order chi connectivity index (χ1) is 15.6. The SMILES string of the molecule is CC1(C)CC(Nc2nccc(-c3ccc(-c4ccc(CNC(=O)CO)s4)s3)n2)CC(C)(C)N1. The Hall–Kier alpha value is -2.33. The van der Waals surface area contributed by atoms with Crippen molar-refractivity contribution >= 4 is 34.5 Å². The average molecular weight is 486 g/mol. The molecule has 4 heterocycles. The maximum atomic E-state index is 11.3. The summed E-state index contributed by atoms with van der Waals surface area (Å²) in [5, 5.41) is 18.8. The van der Waals surface area contributed by atoms with Gasteiger partial charge in [-0.3, -0.25) is 4.79 Å². The van der Waals surface area contributed by atoms with E-state index in [9.17, 15) is 4.79 Å². The van der Waals surface area contributed by atoms with Gasteiger partial charge in [0.2, 0.25) is 11.9 Å². The lowest BCUT2D eigenvalue weighted by atomic mass is 9.80. The predicted octanol–water partition coefficient (Wildman–Crippen LogP) is 4.26. The van der Waals surface area contributed by atoms with Gasteiger partial charge in [0, 0.05) is 37.9 Å². The third-order valence-electron chi connectivity index (χ3n) is 5.55. The second-order valence-corrected chi connectivity index (χ2v) is 12.0. The van der Waals surface area contributed by atoms with Crippen LogP contribution in [0, 0.1) is 0 Å². The summed E-state index contributed by atoms with van der Waals surface area (Å²) in [6, 6.07) is 10.5. The molecule has 33 heavy (non-hydrogen) atoms. The van der Waals surface area contributed by atoms with Crippen molar-refractivity contribution in [3.8, 4) is 20.3 Å². The minimum Gasteiger partial charge on any atom is -0.387 e. The van der Waals surface area contributed by atoms with Gasteiger partial charge in [-0.1, -0.05) is 0 Å². The number of aliphatic hydroxyl groups is 1. The van der Waals surface area contributed by atoms with E-state index in [0.717, 1.165) is 38.0 Å². The molecule has 4 N–H and O–H groups in total. The molecule has 9 heteroatoms. The Morgan fingerprint density at radius 2 is 1.73 bits per heavy atom. The fourth-order valence-corrected chi connectivity index (χ4v) is 6.64. The average Bonchev–Trinajstić information content (AvgIpc) is 3.39. The van der Waals surface area contributed by atoms with Crippen LogP contribution in [0.3, 0.4) is 0 Å². The van der Waals surface area contributed by atoms with Crippen molar-refractivity contribution < 1.29 is 9.90 Å². The Labute approximate surface area is 202 Å². The van der Waals surface area contributed by atoms with Crippen LogP contribution in [0.4, 0.5) is 5.95 Å². The number of piperidine rings is 1. The van der Waals surface area contributed by atoms with Gasteiger partial charge in [-0.05, 0) is 70.9 Å². The highest BCUT2D eigenvalue weighted by molar-refractivity contribution is 7.23. The zero-order valence-corrected chi connectivity index (χ0v) is 21.1. The summed E-state index contributed by atoms with van der Waals surface area (Å²) in [7, 11) is 0. The first-order valence-corrected chi connectivity index (χ1v) is 12.7. The lowest BCUT2D eigenvalue weighted by Gasteiger charge is -2.46. The van der Waals surface area contributed by atoms with Crippen molar-refractivity contribution in [1.82, 2.24) is 20.6 Å². The van der Waals surface area contributed by atoms with Gasteiger partial charge >= 0.3 is 0 Å². The van der Waals surface area contributed by atoms with E-state index in [0.29, 0.717) is 18.5 Å². The topological polar surface area (TPSA) is 99.2 Å². The summed E-state index contributed by atoms with van der Waals surface area (Å²) >= 11 is 3.33. The van der Waals surface area contributed by atoms with E-state index in [2.05, 4.69) is 66.8 Å².